The molecule has 0 radical (unpaired) electrons. The van der Waals surface area contributed by atoms with Gasteiger partial charge in [-0.3, -0.25) is 9.69 Å². The molecule has 0 aliphatic carbocycles. The number of nitrogens with zero attached hydrogens (tertiary/aromatic N) is 2. The molecule has 2 aromatic heterocycles. The van der Waals surface area contributed by atoms with Gasteiger partial charge in [0.25, 0.3) is 5.91 Å². The number of carbonyl (C=O) groups excluding carboxylic acids is 2. The zero-order valence-corrected chi connectivity index (χ0v) is 15.6. The first kappa shape index (κ1) is 17.3. The van der Waals surface area contributed by atoms with Crippen LogP contribution in [0.25, 0.3) is 10.8 Å². The lowest BCUT2D eigenvalue weighted by molar-refractivity contribution is -0.131. The average Bonchev–Trinajstić information content (AvgIpc) is 3.40. The molecule has 8 heteroatoms. The van der Waals surface area contributed by atoms with Crippen molar-refractivity contribution in [2.45, 2.75) is 19.0 Å². The van der Waals surface area contributed by atoms with Crippen molar-refractivity contribution in [2.75, 3.05) is 7.11 Å². The zero-order chi connectivity index (χ0) is 19.0. The van der Waals surface area contributed by atoms with Crippen molar-refractivity contribution < 1.29 is 18.7 Å². The molecule has 4 rings (SSSR count). The lowest BCUT2D eigenvalue weighted by atomic mass is 9.92. The van der Waals surface area contributed by atoms with Gasteiger partial charge in [0, 0.05) is 0 Å². The summed E-state index contributed by atoms with van der Waals surface area (Å²) in [4.78, 5) is 31.9. The van der Waals surface area contributed by atoms with E-state index in [-0.39, 0.29) is 12.5 Å². The molecule has 3 aromatic rings. The summed E-state index contributed by atoms with van der Waals surface area (Å²) >= 11 is 1.51. The van der Waals surface area contributed by atoms with Gasteiger partial charge in [0.05, 0.1) is 24.2 Å². The molecule has 0 spiro atoms. The van der Waals surface area contributed by atoms with E-state index in [1.54, 1.807) is 38.3 Å². The van der Waals surface area contributed by atoms with Gasteiger partial charge in [-0.15, -0.1) is 11.3 Å². The van der Waals surface area contributed by atoms with Crippen molar-refractivity contribution in [3.8, 4) is 16.5 Å². The van der Waals surface area contributed by atoms with Crippen molar-refractivity contribution in [1.29, 1.82) is 0 Å². The van der Waals surface area contributed by atoms with E-state index in [9.17, 15) is 9.59 Å². The minimum absolute atomic E-state index is 0.0408. The summed E-state index contributed by atoms with van der Waals surface area (Å²) in [6.45, 7) is 1.72. The van der Waals surface area contributed by atoms with Crippen LogP contribution in [0.2, 0.25) is 0 Å². The number of ether oxygens (including phenoxy) is 1. The molecule has 27 heavy (non-hydrogen) atoms. The van der Waals surface area contributed by atoms with E-state index in [0.29, 0.717) is 22.9 Å². The third-order valence-electron chi connectivity index (χ3n) is 4.53. The first-order valence-corrected chi connectivity index (χ1v) is 9.16. The second-order valence-electron chi connectivity index (χ2n) is 6.30. The van der Waals surface area contributed by atoms with Gasteiger partial charge in [0.1, 0.15) is 17.6 Å². The van der Waals surface area contributed by atoms with E-state index >= 15 is 0 Å². The van der Waals surface area contributed by atoms with E-state index in [1.807, 2.05) is 17.5 Å². The van der Waals surface area contributed by atoms with Crippen LogP contribution in [-0.4, -0.2) is 28.9 Å². The maximum absolute atomic E-state index is 13.0. The molecule has 0 bridgehead atoms. The smallest absolute Gasteiger partial charge is 0.325 e. The van der Waals surface area contributed by atoms with Crippen molar-refractivity contribution in [3.05, 3.63) is 59.3 Å². The van der Waals surface area contributed by atoms with E-state index < -0.39 is 11.6 Å². The number of urea groups is 1. The Morgan fingerprint density at radius 3 is 2.89 bits per heavy atom. The van der Waals surface area contributed by atoms with E-state index in [4.69, 9.17) is 9.15 Å². The fourth-order valence-electron chi connectivity index (χ4n) is 3.03. The first-order valence-electron chi connectivity index (χ1n) is 8.28. The fourth-order valence-corrected chi connectivity index (χ4v) is 3.68. The Hall–Kier alpha value is -3.13. The third kappa shape index (κ3) is 2.97. The SMILES string of the molecule is COc1cccc([C@]2(C)NC(=O)N(Cc3coc(-c4cccs4)n3)C2=O)c1. The van der Waals surface area contributed by atoms with Crippen molar-refractivity contribution in [1.82, 2.24) is 15.2 Å². The van der Waals surface area contributed by atoms with E-state index in [1.165, 1.54) is 17.6 Å². The quantitative estimate of drug-likeness (QED) is 0.683. The van der Waals surface area contributed by atoms with Crippen molar-refractivity contribution >= 4 is 23.3 Å². The lowest BCUT2D eigenvalue weighted by Crippen LogP contribution is -2.40. The summed E-state index contributed by atoms with van der Waals surface area (Å²) in [7, 11) is 1.55. The van der Waals surface area contributed by atoms with E-state index in [0.717, 1.165) is 9.78 Å². The van der Waals surface area contributed by atoms with Crippen LogP contribution >= 0.6 is 11.3 Å². The number of nitrogens with one attached hydrogen (secondary N) is 1. The molecule has 3 amide bonds. The summed E-state index contributed by atoms with van der Waals surface area (Å²) in [5.41, 5.74) is 0.00489. The Bertz CT molecular complexity index is 998. The highest BCUT2D eigenvalue weighted by Crippen LogP contribution is 2.32. The Morgan fingerprint density at radius 1 is 1.30 bits per heavy atom. The highest BCUT2D eigenvalue weighted by atomic mass is 32.1. The largest absolute Gasteiger partial charge is 0.497 e. The van der Waals surface area contributed by atoms with Gasteiger partial charge in [-0.25, -0.2) is 9.78 Å². The number of hydrogen-bond acceptors (Lipinski definition) is 6. The first-order chi connectivity index (χ1) is 13.0. The van der Waals surface area contributed by atoms with Gasteiger partial charge in [-0.05, 0) is 36.1 Å². The number of benzene rings is 1. The molecule has 1 N–H and O–H groups in total. The number of thiophene rings is 1. The maximum Gasteiger partial charge on any atom is 0.325 e. The number of imide groups is 1. The Balaban J connectivity index is 1.58. The average molecular weight is 383 g/mol. The van der Waals surface area contributed by atoms with Gasteiger partial charge in [0.2, 0.25) is 5.89 Å². The van der Waals surface area contributed by atoms with Crippen molar-refractivity contribution in [2.24, 2.45) is 0 Å². The standard InChI is InChI=1S/C19H17N3O4S/c1-19(12-5-3-6-14(9-12)25-2)17(23)22(18(24)21-19)10-13-11-26-16(20-13)15-7-4-8-27-15/h3-9,11H,10H2,1-2H3,(H,21,24)/t19-/m0/s1. The highest BCUT2D eigenvalue weighted by molar-refractivity contribution is 7.13. The number of rotatable bonds is 5. The lowest BCUT2D eigenvalue weighted by Gasteiger charge is -2.22. The molecular weight excluding hydrogens is 366 g/mol. The molecule has 1 aliphatic heterocycles. The topological polar surface area (TPSA) is 84.7 Å². The van der Waals surface area contributed by atoms with Crippen LogP contribution in [0.1, 0.15) is 18.2 Å². The maximum atomic E-state index is 13.0. The van der Waals surface area contributed by atoms with Crippen LogP contribution in [0.5, 0.6) is 5.75 Å². The summed E-state index contributed by atoms with van der Waals surface area (Å²) < 4.78 is 10.7. The van der Waals surface area contributed by atoms with Gasteiger partial charge < -0.3 is 14.5 Å². The van der Waals surface area contributed by atoms with Gasteiger partial charge in [-0.1, -0.05) is 18.2 Å². The molecule has 3 heterocycles. The molecule has 1 saturated heterocycles. The van der Waals surface area contributed by atoms with Crippen LogP contribution in [-0.2, 0) is 16.9 Å². The number of aromatic nitrogens is 1. The van der Waals surface area contributed by atoms with Crippen molar-refractivity contribution in [3.63, 3.8) is 0 Å². The van der Waals surface area contributed by atoms with Gasteiger partial charge in [-0.2, -0.15) is 0 Å². The molecule has 1 fully saturated rings. The summed E-state index contributed by atoms with van der Waals surface area (Å²) in [6, 6.07) is 10.4. The summed E-state index contributed by atoms with van der Waals surface area (Å²) in [6.07, 6.45) is 1.47. The van der Waals surface area contributed by atoms with Gasteiger partial charge >= 0.3 is 6.03 Å². The minimum Gasteiger partial charge on any atom is -0.497 e. The fraction of sp³-hybridized carbons (Fsp3) is 0.211. The highest BCUT2D eigenvalue weighted by Gasteiger charge is 2.49. The number of hydrogen-bond donors (Lipinski definition) is 1. The zero-order valence-electron chi connectivity index (χ0n) is 14.8. The molecule has 1 aromatic carbocycles. The van der Waals surface area contributed by atoms with Crippen LogP contribution in [0.4, 0.5) is 4.79 Å². The summed E-state index contributed by atoms with van der Waals surface area (Å²) in [5, 5.41) is 4.70. The predicted octanol–water partition coefficient (Wildman–Crippen LogP) is 3.38. The molecule has 1 aliphatic rings. The molecule has 0 unspecified atom stereocenters. The molecule has 138 valence electrons. The van der Waals surface area contributed by atoms with Crippen LogP contribution in [0, 0.1) is 0 Å². The minimum atomic E-state index is -1.16. The second kappa shape index (κ2) is 6.55. The number of carbonyl (C=O) groups is 2. The predicted molar refractivity (Wildman–Crippen MR) is 99.2 cm³/mol. The molecule has 7 nitrogen and oxygen atoms in total. The number of methoxy groups -OCH3 is 1. The number of oxazole rings is 1. The molecule has 0 saturated carbocycles. The van der Waals surface area contributed by atoms with Crippen LogP contribution in [0.3, 0.4) is 0 Å². The Labute approximate surface area is 159 Å². The monoisotopic (exact) mass is 383 g/mol. The van der Waals surface area contributed by atoms with Crippen LogP contribution in [0.15, 0.2) is 52.5 Å². The van der Waals surface area contributed by atoms with Crippen LogP contribution < -0.4 is 10.1 Å². The normalized spacial score (nSPS) is 19.4. The number of amides is 3. The Morgan fingerprint density at radius 2 is 2.15 bits per heavy atom. The third-order valence-corrected chi connectivity index (χ3v) is 5.38. The molecular formula is C19H17N3O4S. The summed E-state index contributed by atoms with van der Waals surface area (Å²) in [5.74, 6) is 0.746. The Kier molecular flexibility index (Phi) is 4.19. The second-order valence-corrected chi connectivity index (χ2v) is 7.25. The van der Waals surface area contributed by atoms with E-state index in [2.05, 4.69) is 10.3 Å². The molecule has 1 atom stereocenters. The van der Waals surface area contributed by atoms with Gasteiger partial charge in [0.15, 0.2) is 0 Å².